The van der Waals surface area contributed by atoms with Crippen LogP contribution in [0.2, 0.25) is 0 Å². The molecule has 26 heavy (non-hydrogen) atoms. The van der Waals surface area contributed by atoms with E-state index in [1.165, 1.54) is 0 Å². The first-order chi connectivity index (χ1) is 12.7. The van der Waals surface area contributed by atoms with Gasteiger partial charge in [-0.15, -0.1) is 0 Å². The fraction of sp³-hybridized carbons (Fsp3) is 0.450. The number of piperazine rings is 1. The van der Waals surface area contributed by atoms with Crippen LogP contribution in [0.1, 0.15) is 29.4 Å². The second-order valence-electron chi connectivity index (χ2n) is 7.11. The minimum atomic E-state index is 0.172. The quantitative estimate of drug-likeness (QED) is 0.846. The summed E-state index contributed by atoms with van der Waals surface area (Å²) in [5.41, 5.74) is 2.74. The number of ketones is 1. The van der Waals surface area contributed by atoms with Crippen LogP contribution in [-0.2, 0) is 6.42 Å². The van der Waals surface area contributed by atoms with Crippen LogP contribution in [-0.4, -0.2) is 49.0 Å². The summed E-state index contributed by atoms with van der Waals surface area (Å²) in [6, 6.07) is 8.11. The van der Waals surface area contributed by atoms with Crippen molar-refractivity contribution >= 4 is 17.4 Å². The van der Waals surface area contributed by atoms with Crippen molar-refractivity contribution in [1.29, 1.82) is 0 Å². The monoisotopic (exact) mass is 352 g/mol. The molecule has 136 valence electrons. The molecule has 2 heterocycles. The number of para-hydroxylation sites is 2. The summed E-state index contributed by atoms with van der Waals surface area (Å²) in [5, 5.41) is 0. The van der Waals surface area contributed by atoms with E-state index in [2.05, 4.69) is 27.8 Å². The van der Waals surface area contributed by atoms with E-state index in [1.807, 2.05) is 18.2 Å². The molecule has 0 radical (unpaired) electrons. The van der Waals surface area contributed by atoms with Crippen LogP contribution in [0.4, 0.5) is 11.6 Å². The summed E-state index contributed by atoms with van der Waals surface area (Å²) >= 11 is 0. The predicted octanol–water partition coefficient (Wildman–Crippen LogP) is 2.58. The van der Waals surface area contributed by atoms with E-state index in [-0.39, 0.29) is 5.78 Å². The lowest BCUT2D eigenvalue weighted by Crippen LogP contribution is -2.47. The molecule has 4 rings (SSSR count). The number of nitrogens with zero attached hydrogens (tertiary/aromatic N) is 4. The van der Waals surface area contributed by atoms with Gasteiger partial charge in [-0.05, 0) is 24.5 Å². The number of rotatable bonds is 3. The van der Waals surface area contributed by atoms with Crippen LogP contribution in [0, 0.1) is 5.92 Å². The van der Waals surface area contributed by atoms with Crippen molar-refractivity contribution in [3.8, 4) is 5.75 Å². The molecule has 1 saturated heterocycles. The number of hydrogen-bond donors (Lipinski definition) is 0. The Morgan fingerprint density at radius 3 is 2.58 bits per heavy atom. The number of Topliss-reactive ketones (excluding diaryl/α,β-unsaturated/α-hetero) is 1. The maximum atomic E-state index is 12.1. The van der Waals surface area contributed by atoms with Gasteiger partial charge in [0, 0.05) is 38.8 Å². The number of hydrogen-bond acceptors (Lipinski definition) is 6. The third-order valence-corrected chi connectivity index (χ3v) is 5.22. The summed E-state index contributed by atoms with van der Waals surface area (Å²) < 4.78 is 5.48. The smallest absolute Gasteiger partial charge is 0.225 e. The highest BCUT2D eigenvalue weighted by Crippen LogP contribution is 2.29. The van der Waals surface area contributed by atoms with E-state index in [0.29, 0.717) is 17.9 Å². The zero-order valence-corrected chi connectivity index (χ0v) is 15.3. The van der Waals surface area contributed by atoms with E-state index in [4.69, 9.17) is 9.72 Å². The maximum absolute atomic E-state index is 12.1. The molecule has 6 nitrogen and oxygen atoms in total. The van der Waals surface area contributed by atoms with E-state index in [1.54, 1.807) is 13.3 Å². The van der Waals surface area contributed by atoms with E-state index in [9.17, 15) is 4.79 Å². The van der Waals surface area contributed by atoms with E-state index in [0.717, 1.165) is 55.7 Å². The Hall–Kier alpha value is -2.63. The van der Waals surface area contributed by atoms with Crippen molar-refractivity contribution in [2.24, 2.45) is 5.92 Å². The van der Waals surface area contributed by atoms with Gasteiger partial charge in [0.25, 0.3) is 0 Å². The van der Waals surface area contributed by atoms with Gasteiger partial charge in [-0.1, -0.05) is 19.1 Å². The highest BCUT2D eigenvalue weighted by molar-refractivity contribution is 5.98. The average molecular weight is 352 g/mol. The minimum absolute atomic E-state index is 0.172. The summed E-state index contributed by atoms with van der Waals surface area (Å²) in [5.74, 6) is 2.18. The molecule has 0 unspecified atom stereocenters. The first-order valence-corrected chi connectivity index (χ1v) is 9.17. The van der Waals surface area contributed by atoms with Crippen LogP contribution < -0.4 is 14.5 Å². The largest absolute Gasteiger partial charge is 0.495 e. The number of aromatic nitrogens is 2. The zero-order chi connectivity index (χ0) is 18.1. The van der Waals surface area contributed by atoms with Crippen LogP contribution in [0.25, 0.3) is 0 Å². The Balaban J connectivity index is 1.48. The number of anilines is 2. The Kier molecular flexibility index (Phi) is 4.49. The Labute approximate surface area is 153 Å². The van der Waals surface area contributed by atoms with Crippen molar-refractivity contribution in [3.05, 3.63) is 41.7 Å². The molecule has 0 bridgehead atoms. The lowest BCUT2D eigenvalue weighted by Gasteiger charge is -2.36. The predicted molar refractivity (Wildman–Crippen MR) is 101 cm³/mol. The van der Waals surface area contributed by atoms with Gasteiger partial charge in [0.05, 0.1) is 24.1 Å². The molecule has 6 heteroatoms. The molecule has 1 fully saturated rings. The Morgan fingerprint density at radius 1 is 1.08 bits per heavy atom. The summed E-state index contributed by atoms with van der Waals surface area (Å²) in [7, 11) is 1.71. The lowest BCUT2D eigenvalue weighted by atomic mass is 9.88. The summed E-state index contributed by atoms with van der Waals surface area (Å²) in [6.07, 6.45) is 3.18. The van der Waals surface area contributed by atoms with Gasteiger partial charge in [-0.2, -0.15) is 0 Å². The second kappa shape index (κ2) is 6.94. The fourth-order valence-corrected chi connectivity index (χ4v) is 3.81. The van der Waals surface area contributed by atoms with Crippen molar-refractivity contribution < 1.29 is 9.53 Å². The molecule has 2 aromatic rings. The first kappa shape index (κ1) is 16.8. The Morgan fingerprint density at radius 2 is 1.81 bits per heavy atom. The molecule has 0 N–H and O–H groups in total. The topological polar surface area (TPSA) is 58.6 Å². The molecular formula is C20H24N4O2. The van der Waals surface area contributed by atoms with Crippen molar-refractivity contribution in [2.45, 2.75) is 19.8 Å². The van der Waals surface area contributed by atoms with Crippen molar-refractivity contribution in [2.75, 3.05) is 43.1 Å². The standard InChI is InChI=1S/C20H24N4O2/c1-14-11-16-15(18(25)12-14)13-21-20(22-16)24-9-7-23(8-10-24)17-5-3-4-6-19(17)26-2/h3-6,13-14H,7-12H2,1-2H3/t14-/m0/s1. The second-order valence-corrected chi connectivity index (χ2v) is 7.11. The fourth-order valence-electron chi connectivity index (χ4n) is 3.81. The van der Waals surface area contributed by atoms with Crippen LogP contribution in [0.5, 0.6) is 5.75 Å². The number of carbonyl (C=O) groups excluding carboxylic acids is 1. The van der Waals surface area contributed by atoms with Crippen molar-refractivity contribution in [1.82, 2.24) is 9.97 Å². The van der Waals surface area contributed by atoms with Gasteiger partial charge in [0.1, 0.15) is 5.75 Å². The van der Waals surface area contributed by atoms with Crippen LogP contribution in [0.15, 0.2) is 30.5 Å². The molecular weight excluding hydrogens is 328 g/mol. The first-order valence-electron chi connectivity index (χ1n) is 9.17. The molecule has 1 aliphatic heterocycles. The van der Waals surface area contributed by atoms with Crippen molar-refractivity contribution in [3.63, 3.8) is 0 Å². The highest BCUT2D eigenvalue weighted by Gasteiger charge is 2.26. The average Bonchev–Trinajstić information content (AvgIpc) is 2.67. The van der Waals surface area contributed by atoms with E-state index >= 15 is 0 Å². The lowest BCUT2D eigenvalue weighted by molar-refractivity contribution is 0.0951. The molecule has 2 aliphatic rings. The van der Waals surface area contributed by atoms with Gasteiger partial charge < -0.3 is 14.5 Å². The molecule has 1 aromatic carbocycles. The molecule has 1 aliphatic carbocycles. The molecule has 1 atom stereocenters. The van der Waals surface area contributed by atoms with Gasteiger partial charge in [-0.3, -0.25) is 4.79 Å². The van der Waals surface area contributed by atoms with Gasteiger partial charge in [0.15, 0.2) is 5.78 Å². The number of carbonyl (C=O) groups is 1. The van der Waals surface area contributed by atoms with Crippen LogP contribution in [0.3, 0.4) is 0 Å². The van der Waals surface area contributed by atoms with Gasteiger partial charge in [0.2, 0.25) is 5.95 Å². The SMILES string of the molecule is COc1ccccc1N1CCN(c2ncc3c(n2)C[C@H](C)CC3=O)CC1. The number of ether oxygens (including phenoxy) is 1. The third kappa shape index (κ3) is 3.11. The minimum Gasteiger partial charge on any atom is -0.495 e. The Bertz CT molecular complexity index is 815. The number of methoxy groups -OCH3 is 1. The van der Waals surface area contributed by atoms with Gasteiger partial charge >= 0.3 is 0 Å². The number of fused-ring (bicyclic) bond motifs is 1. The normalized spacial score (nSPS) is 20.1. The summed E-state index contributed by atoms with van der Waals surface area (Å²) in [4.78, 5) is 25.9. The van der Waals surface area contributed by atoms with Crippen LogP contribution >= 0.6 is 0 Å². The van der Waals surface area contributed by atoms with E-state index < -0.39 is 0 Å². The summed E-state index contributed by atoms with van der Waals surface area (Å²) in [6.45, 7) is 5.57. The van der Waals surface area contributed by atoms with Gasteiger partial charge in [-0.25, -0.2) is 9.97 Å². The third-order valence-electron chi connectivity index (χ3n) is 5.22. The molecule has 1 aromatic heterocycles. The number of benzene rings is 1. The highest BCUT2D eigenvalue weighted by atomic mass is 16.5. The maximum Gasteiger partial charge on any atom is 0.225 e. The molecule has 0 spiro atoms. The molecule has 0 saturated carbocycles. The zero-order valence-electron chi connectivity index (χ0n) is 15.3. The molecule has 0 amide bonds.